The van der Waals surface area contributed by atoms with Crippen LogP contribution in [-0.4, -0.2) is 16.1 Å². The summed E-state index contributed by atoms with van der Waals surface area (Å²) in [5.74, 6) is -0.786. The standard InChI is InChI=1S/C27H27F5N2O/c1-13(2)25-22(23(29)16-4-8-17(9-5-16)27(30,31)32)20(15-6-10-18(28)11-7-15)21-19(34-25)12-14(3)24(33)26(21)35/h4-11,13-14,23-24,26,35H,12,33H2,1-3H3. The fourth-order valence-electron chi connectivity index (χ4n) is 4.73. The van der Waals surface area contributed by atoms with E-state index in [4.69, 9.17) is 10.7 Å². The van der Waals surface area contributed by atoms with Gasteiger partial charge in [0, 0.05) is 22.9 Å². The van der Waals surface area contributed by atoms with Gasteiger partial charge < -0.3 is 10.8 Å². The lowest BCUT2D eigenvalue weighted by atomic mass is 9.76. The van der Waals surface area contributed by atoms with Crippen LogP contribution in [0.2, 0.25) is 0 Å². The number of benzene rings is 2. The molecular formula is C27H27F5N2O. The van der Waals surface area contributed by atoms with Crippen molar-refractivity contribution in [3.05, 3.63) is 88.0 Å². The first-order valence-electron chi connectivity index (χ1n) is 11.5. The number of pyridine rings is 1. The third-order valence-corrected chi connectivity index (χ3v) is 6.68. The van der Waals surface area contributed by atoms with Gasteiger partial charge in [-0.15, -0.1) is 0 Å². The average Bonchev–Trinajstić information content (AvgIpc) is 2.81. The minimum atomic E-state index is -4.54. The van der Waals surface area contributed by atoms with E-state index < -0.39 is 35.9 Å². The van der Waals surface area contributed by atoms with Crippen molar-refractivity contribution in [1.29, 1.82) is 0 Å². The van der Waals surface area contributed by atoms with E-state index in [0.29, 0.717) is 34.5 Å². The molecule has 1 heterocycles. The van der Waals surface area contributed by atoms with Gasteiger partial charge in [0.1, 0.15) is 5.82 Å². The second-order valence-corrected chi connectivity index (χ2v) is 9.49. The summed E-state index contributed by atoms with van der Waals surface area (Å²) in [4.78, 5) is 4.75. The minimum absolute atomic E-state index is 0.0213. The van der Waals surface area contributed by atoms with E-state index >= 15 is 4.39 Å². The monoisotopic (exact) mass is 490 g/mol. The van der Waals surface area contributed by atoms with E-state index in [1.165, 1.54) is 24.3 Å². The Labute approximate surface area is 200 Å². The summed E-state index contributed by atoms with van der Waals surface area (Å²) in [5, 5.41) is 11.1. The fourth-order valence-corrected chi connectivity index (χ4v) is 4.73. The molecule has 4 atom stereocenters. The highest BCUT2D eigenvalue weighted by Crippen LogP contribution is 2.46. The van der Waals surface area contributed by atoms with Gasteiger partial charge in [-0.05, 0) is 59.2 Å². The first kappa shape index (κ1) is 25.3. The molecule has 4 rings (SSSR count). The number of aromatic nitrogens is 1. The van der Waals surface area contributed by atoms with Crippen molar-refractivity contribution in [3.63, 3.8) is 0 Å². The first-order valence-corrected chi connectivity index (χ1v) is 11.5. The Kier molecular flexibility index (Phi) is 6.72. The molecule has 1 aliphatic carbocycles. The molecule has 1 aliphatic rings. The molecule has 3 nitrogen and oxygen atoms in total. The molecule has 8 heteroatoms. The zero-order valence-corrected chi connectivity index (χ0v) is 19.6. The highest BCUT2D eigenvalue weighted by Gasteiger charge is 2.38. The van der Waals surface area contributed by atoms with Crippen LogP contribution in [0.1, 0.15) is 72.6 Å². The van der Waals surface area contributed by atoms with E-state index in [-0.39, 0.29) is 23.0 Å². The number of halogens is 5. The molecule has 0 saturated heterocycles. The molecule has 3 N–H and O–H groups in total. The van der Waals surface area contributed by atoms with Crippen molar-refractivity contribution in [2.24, 2.45) is 11.7 Å². The molecule has 0 bridgehead atoms. The third kappa shape index (κ3) is 4.69. The van der Waals surface area contributed by atoms with Crippen LogP contribution in [0.5, 0.6) is 0 Å². The lowest BCUT2D eigenvalue weighted by Gasteiger charge is -2.36. The normalized spacial score (nSPS) is 21.2. The number of alkyl halides is 4. The topological polar surface area (TPSA) is 59.1 Å². The van der Waals surface area contributed by atoms with Crippen LogP contribution >= 0.6 is 0 Å². The molecule has 0 aliphatic heterocycles. The van der Waals surface area contributed by atoms with Crippen molar-refractivity contribution in [1.82, 2.24) is 4.98 Å². The van der Waals surface area contributed by atoms with Crippen molar-refractivity contribution in [3.8, 4) is 11.1 Å². The van der Waals surface area contributed by atoms with E-state index in [1.807, 2.05) is 20.8 Å². The number of nitrogens with zero attached hydrogens (tertiary/aromatic N) is 1. The van der Waals surface area contributed by atoms with Crippen molar-refractivity contribution in [2.45, 2.75) is 57.6 Å². The molecule has 1 aromatic heterocycles. The van der Waals surface area contributed by atoms with Gasteiger partial charge in [0.15, 0.2) is 6.17 Å². The van der Waals surface area contributed by atoms with Crippen LogP contribution in [-0.2, 0) is 12.6 Å². The van der Waals surface area contributed by atoms with Gasteiger partial charge in [-0.3, -0.25) is 4.98 Å². The van der Waals surface area contributed by atoms with Gasteiger partial charge in [0.25, 0.3) is 0 Å². The molecule has 0 fully saturated rings. The molecule has 35 heavy (non-hydrogen) atoms. The Morgan fingerprint density at radius 3 is 2.17 bits per heavy atom. The molecular weight excluding hydrogens is 463 g/mol. The predicted molar refractivity (Wildman–Crippen MR) is 124 cm³/mol. The molecule has 186 valence electrons. The summed E-state index contributed by atoms with van der Waals surface area (Å²) < 4.78 is 69.2. The van der Waals surface area contributed by atoms with E-state index in [0.717, 1.165) is 24.3 Å². The zero-order valence-electron chi connectivity index (χ0n) is 19.6. The minimum Gasteiger partial charge on any atom is -0.387 e. The third-order valence-electron chi connectivity index (χ3n) is 6.68. The number of aliphatic hydroxyl groups is 1. The van der Waals surface area contributed by atoms with Crippen LogP contribution in [0.4, 0.5) is 22.0 Å². The van der Waals surface area contributed by atoms with Gasteiger partial charge in [-0.1, -0.05) is 45.0 Å². The number of aliphatic hydroxyl groups excluding tert-OH is 1. The molecule has 3 aromatic rings. The molecule has 2 aromatic carbocycles. The maximum Gasteiger partial charge on any atom is 0.416 e. The summed E-state index contributed by atoms with van der Waals surface area (Å²) in [5.41, 5.74) is 7.80. The smallest absolute Gasteiger partial charge is 0.387 e. The van der Waals surface area contributed by atoms with Crippen LogP contribution < -0.4 is 5.73 Å². The Bertz CT molecular complexity index is 1210. The second-order valence-electron chi connectivity index (χ2n) is 9.49. The van der Waals surface area contributed by atoms with Gasteiger partial charge in [-0.2, -0.15) is 13.2 Å². The SMILES string of the molecule is CC(C)c1nc2c(c(-c3ccc(F)cc3)c1C(F)c1ccc(C(F)(F)F)cc1)C(O)C(N)C(C)C2. The Morgan fingerprint density at radius 1 is 1.03 bits per heavy atom. The number of hydrogen-bond acceptors (Lipinski definition) is 3. The molecule has 4 unspecified atom stereocenters. The van der Waals surface area contributed by atoms with Crippen LogP contribution in [0.3, 0.4) is 0 Å². The molecule has 0 spiro atoms. The maximum absolute atomic E-state index is 16.3. The first-order chi connectivity index (χ1) is 16.4. The summed E-state index contributed by atoms with van der Waals surface area (Å²) in [7, 11) is 0. The Hall–Kier alpha value is -2.84. The van der Waals surface area contributed by atoms with Crippen molar-refractivity contribution < 1.29 is 27.1 Å². The van der Waals surface area contributed by atoms with E-state index in [1.54, 1.807) is 0 Å². The largest absolute Gasteiger partial charge is 0.416 e. The van der Waals surface area contributed by atoms with Gasteiger partial charge >= 0.3 is 6.18 Å². The maximum atomic E-state index is 16.3. The van der Waals surface area contributed by atoms with Gasteiger partial charge in [-0.25, -0.2) is 8.78 Å². The van der Waals surface area contributed by atoms with E-state index in [9.17, 15) is 22.7 Å². The summed E-state index contributed by atoms with van der Waals surface area (Å²) in [6, 6.07) is 8.74. The lowest BCUT2D eigenvalue weighted by molar-refractivity contribution is -0.137. The Balaban J connectivity index is 2.00. The fraction of sp³-hybridized carbons (Fsp3) is 0.370. The number of rotatable bonds is 4. The zero-order chi connectivity index (χ0) is 25.7. The lowest BCUT2D eigenvalue weighted by Crippen LogP contribution is -2.41. The van der Waals surface area contributed by atoms with Crippen LogP contribution in [0.15, 0.2) is 48.5 Å². The average molecular weight is 491 g/mol. The number of hydrogen-bond donors (Lipinski definition) is 2. The highest BCUT2D eigenvalue weighted by molar-refractivity contribution is 5.75. The molecule has 0 amide bonds. The van der Waals surface area contributed by atoms with Crippen LogP contribution in [0, 0.1) is 11.7 Å². The number of fused-ring (bicyclic) bond motifs is 1. The van der Waals surface area contributed by atoms with Gasteiger partial charge in [0.2, 0.25) is 0 Å². The summed E-state index contributed by atoms with van der Waals surface area (Å²) in [6.45, 7) is 5.60. The number of nitrogens with two attached hydrogens (primary N) is 1. The Morgan fingerprint density at radius 2 is 1.63 bits per heavy atom. The summed E-state index contributed by atoms with van der Waals surface area (Å²) in [6.07, 6.45) is -7.05. The quantitative estimate of drug-likeness (QED) is 0.403. The van der Waals surface area contributed by atoms with Crippen molar-refractivity contribution in [2.75, 3.05) is 0 Å². The second kappa shape index (κ2) is 9.32. The predicted octanol–water partition coefficient (Wildman–Crippen LogP) is 6.64. The summed E-state index contributed by atoms with van der Waals surface area (Å²) >= 11 is 0. The van der Waals surface area contributed by atoms with Crippen molar-refractivity contribution >= 4 is 0 Å². The molecule has 0 radical (unpaired) electrons. The van der Waals surface area contributed by atoms with E-state index in [2.05, 4.69) is 0 Å². The highest BCUT2D eigenvalue weighted by atomic mass is 19.4. The molecule has 0 saturated carbocycles. The van der Waals surface area contributed by atoms with Gasteiger partial charge in [0.05, 0.1) is 17.4 Å². The van der Waals surface area contributed by atoms with Crippen LogP contribution in [0.25, 0.3) is 11.1 Å².